The quantitative estimate of drug-likeness (QED) is 0.506. The molecule has 0 bridgehead atoms. The van der Waals surface area contributed by atoms with E-state index in [1.165, 1.54) is 11.1 Å². The Morgan fingerprint density at radius 3 is 2.62 bits per heavy atom. The fraction of sp³-hybridized carbons (Fsp3) is 0.111. The SMILES string of the molecule is Cc1ccc(-c2nccc3c2oc2ncccc23)cc1C. The first kappa shape index (κ1) is 12.1. The van der Waals surface area contributed by atoms with Crippen LogP contribution in [0.4, 0.5) is 0 Å². The van der Waals surface area contributed by atoms with Gasteiger partial charge in [-0.25, -0.2) is 4.98 Å². The molecule has 0 radical (unpaired) electrons. The predicted octanol–water partition coefficient (Wildman–Crippen LogP) is 4.66. The number of hydrogen-bond donors (Lipinski definition) is 0. The van der Waals surface area contributed by atoms with E-state index in [1.54, 1.807) is 6.20 Å². The van der Waals surface area contributed by atoms with Gasteiger partial charge < -0.3 is 4.42 Å². The molecule has 0 aliphatic carbocycles. The van der Waals surface area contributed by atoms with Gasteiger partial charge in [-0.05, 0) is 49.2 Å². The van der Waals surface area contributed by atoms with E-state index in [-0.39, 0.29) is 0 Å². The van der Waals surface area contributed by atoms with Crippen LogP contribution >= 0.6 is 0 Å². The van der Waals surface area contributed by atoms with Crippen LogP contribution in [-0.2, 0) is 0 Å². The molecule has 0 aliphatic rings. The summed E-state index contributed by atoms with van der Waals surface area (Å²) in [7, 11) is 0. The average molecular weight is 274 g/mol. The van der Waals surface area contributed by atoms with Gasteiger partial charge in [-0.3, -0.25) is 4.98 Å². The number of aryl methyl sites for hydroxylation is 2. The van der Waals surface area contributed by atoms with Crippen LogP contribution in [0.5, 0.6) is 0 Å². The zero-order valence-electron chi connectivity index (χ0n) is 11.9. The van der Waals surface area contributed by atoms with E-state index in [1.807, 2.05) is 24.4 Å². The lowest BCUT2D eigenvalue weighted by molar-refractivity contribution is 0.653. The lowest BCUT2D eigenvalue weighted by Crippen LogP contribution is -1.87. The van der Waals surface area contributed by atoms with Gasteiger partial charge in [0.25, 0.3) is 0 Å². The van der Waals surface area contributed by atoms with E-state index < -0.39 is 0 Å². The number of pyridine rings is 2. The smallest absolute Gasteiger partial charge is 0.227 e. The third-order valence-electron chi connectivity index (χ3n) is 3.94. The van der Waals surface area contributed by atoms with Crippen molar-refractivity contribution < 1.29 is 4.42 Å². The minimum atomic E-state index is 0.658. The second-order valence-corrected chi connectivity index (χ2v) is 5.29. The molecule has 0 amide bonds. The van der Waals surface area contributed by atoms with E-state index in [0.29, 0.717) is 5.71 Å². The Hall–Kier alpha value is -2.68. The van der Waals surface area contributed by atoms with Crippen molar-refractivity contribution in [3.05, 3.63) is 59.9 Å². The van der Waals surface area contributed by atoms with Crippen LogP contribution in [0, 0.1) is 13.8 Å². The molecule has 0 unspecified atom stereocenters. The average Bonchev–Trinajstić information content (AvgIpc) is 2.89. The second kappa shape index (κ2) is 4.42. The molecule has 4 rings (SSSR count). The number of aromatic nitrogens is 2. The molecule has 0 fully saturated rings. The molecular weight excluding hydrogens is 260 g/mol. The third kappa shape index (κ3) is 1.82. The zero-order valence-corrected chi connectivity index (χ0v) is 11.9. The summed E-state index contributed by atoms with van der Waals surface area (Å²) >= 11 is 0. The number of furan rings is 1. The first-order valence-electron chi connectivity index (χ1n) is 6.94. The van der Waals surface area contributed by atoms with Crippen LogP contribution in [0.2, 0.25) is 0 Å². The highest BCUT2D eigenvalue weighted by Crippen LogP contribution is 2.33. The highest BCUT2D eigenvalue weighted by atomic mass is 16.3. The Morgan fingerprint density at radius 2 is 1.76 bits per heavy atom. The maximum atomic E-state index is 5.93. The molecule has 3 heteroatoms. The Morgan fingerprint density at radius 1 is 0.857 bits per heavy atom. The monoisotopic (exact) mass is 274 g/mol. The molecule has 0 saturated carbocycles. The molecule has 3 aromatic heterocycles. The van der Waals surface area contributed by atoms with Crippen LogP contribution < -0.4 is 0 Å². The van der Waals surface area contributed by atoms with Gasteiger partial charge in [0.2, 0.25) is 5.71 Å². The van der Waals surface area contributed by atoms with Crippen molar-refractivity contribution in [2.24, 2.45) is 0 Å². The van der Waals surface area contributed by atoms with Crippen molar-refractivity contribution in [1.29, 1.82) is 0 Å². The minimum Gasteiger partial charge on any atom is -0.435 e. The third-order valence-corrected chi connectivity index (χ3v) is 3.94. The molecule has 0 spiro atoms. The van der Waals surface area contributed by atoms with E-state index in [0.717, 1.165) is 27.6 Å². The minimum absolute atomic E-state index is 0.658. The van der Waals surface area contributed by atoms with Crippen LogP contribution in [0.15, 0.2) is 53.2 Å². The Bertz CT molecular complexity index is 969. The highest BCUT2D eigenvalue weighted by molar-refractivity contribution is 6.07. The summed E-state index contributed by atoms with van der Waals surface area (Å²) in [5, 5.41) is 2.08. The van der Waals surface area contributed by atoms with Gasteiger partial charge in [0, 0.05) is 28.7 Å². The molecule has 3 heterocycles. The van der Waals surface area contributed by atoms with Gasteiger partial charge in [0.05, 0.1) is 0 Å². The van der Waals surface area contributed by atoms with Crippen LogP contribution in [0.1, 0.15) is 11.1 Å². The Balaban J connectivity index is 2.06. The Labute approximate surface area is 122 Å². The van der Waals surface area contributed by atoms with Gasteiger partial charge in [0.15, 0.2) is 5.58 Å². The van der Waals surface area contributed by atoms with Crippen molar-refractivity contribution in [3.8, 4) is 11.3 Å². The molecule has 3 nitrogen and oxygen atoms in total. The maximum absolute atomic E-state index is 5.93. The summed E-state index contributed by atoms with van der Waals surface area (Å²) in [5.41, 5.74) is 5.93. The molecule has 0 saturated heterocycles. The summed E-state index contributed by atoms with van der Waals surface area (Å²) < 4.78 is 5.93. The lowest BCUT2D eigenvalue weighted by Gasteiger charge is -2.05. The number of nitrogens with zero attached hydrogens (tertiary/aromatic N) is 2. The summed E-state index contributed by atoms with van der Waals surface area (Å²) in [6.45, 7) is 4.22. The number of fused-ring (bicyclic) bond motifs is 3. The molecule has 0 N–H and O–H groups in total. The van der Waals surface area contributed by atoms with Crippen LogP contribution in [0.3, 0.4) is 0 Å². The zero-order chi connectivity index (χ0) is 14.4. The van der Waals surface area contributed by atoms with Gasteiger partial charge >= 0.3 is 0 Å². The van der Waals surface area contributed by atoms with Crippen molar-refractivity contribution in [2.75, 3.05) is 0 Å². The standard InChI is InChI=1S/C18H14N2O/c1-11-5-6-13(10-12(11)2)16-17-14(7-9-19-16)15-4-3-8-20-18(15)21-17/h3-10H,1-2H3. The molecule has 21 heavy (non-hydrogen) atoms. The first-order chi connectivity index (χ1) is 10.2. The summed E-state index contributed by atoms with van der Waals surface area (Å²) in [4.78, 5) is 8.81. The number of benzene rings is 1. The molecule has 1 aromatic carbocycles. The molecular formula is C18H14N2O. The summed E-state index contributed by atoms with van der Waals surface area (Å²) in [5.74, 6) is 0. The Kier molecular flexibility index (Phi) is 2.54. The van der Waals surface area contributed by atoms with Gasteiger partial charge in [-0.15, -0.1) is 0 Å². The summed E-state index contributed by atoms with van der Waals surface area (Å²) in [6.07, 6.45) is 3.57. The molecule has 4 aromatic rings. The highest BCUT2D eigenvalue weighted by Gasteiger charge is 2.13. The fourth-order valence-corrected chi connectivity index (χ4v) is 2.63. The van der Waals surface area contributed by atoms with Crippen LogP contribution in [-0.4, -0.2) is 9.97 Å². The lowest BCUT2D eigenvalue weighted by atomic mass is 10.0. The van der Waals surface area contributed by atoms with Crippen molar-refractivity contribution in [2.45, 2.75) is 13.8 Å². The van der Waals surface area contributed by atoms with E-state index in [9.17, 15) is 0 Å². The van der Waals surface area contributed by atoms with E-state index >= 15 is 0 Å². The number of hydrogen-bond acceptors (Lipinski definition) is 3. The molecule has 102 valence electrons. The molecule has 0 aliphatic heterocycles. The van der Waals surface area contributed by atoms with Gasteiger partial charge in [0.1, 0.15) is 5.69 Å². The second-order valence-electron chi connectivity index (χ2n) is 5.29. The van der Waals surface area contributed by atoms with Crippen molar-refractivity contribution in [3.63, 3.8) is 0 Å². The predicted molar refractivity (Wildman–Crippen MR) is 84.2 cm³/mol. The normalized spacial score (nSPS) is 11.3. The van der Waals surface area contributed by atoms with Crippen molar-refractivity contribution in [1.82, 2.24) is 9.97 Å². The van der Waals surface area contributed by atoms with E-state index in [4.69, 9.17) is 4.42 Å². The van der Waals surface area contributed by atoms with Gasteiger partial charge in [-0.1, -0.05) is 12.1 Å². The van der Waals surface area contributed by atoms with Crippen LogP contribution in [0.25, 0.3) is 33.3 Å². The van der Waals surface area contributed by atoms with Gasteiger partial charge in [-0.2, -0.15) is 0 Å². The summed E-state index contributed by atoms with van der Waals surface area (Å²) in [6, 6.07) is 12.3. The van der Waals surface area contributed by atoms with E-state index in [2.05, 4.69) is 42.0 Å². The fourth-order valence-electron chi connectivity index (χ4n) is 2.63. The first-order valence-corrected chi connectivity index (χ1v) is 6.94. The largest absolute Gasteiger partial charge is 0.435 e. The molecule has 0 atom stereocenters. The topological polar surface area (TPSA) is 38.9 Å². The number of rotatable bonds is 1. The van der Waals surface area contributed by atoms with Crippen molar-refractivity contribution >= 4 is 22.1 Å². The maximum Gasteiger partial charge on any atom is 0.227 e.